The minimum Gasteiger partial charge on any atom is -0.310 e. The van der Waals surface area contributed by atoms with Crippen molar-refractivity contribution < 1.29 is 0 Å². The number of rotatable bonds is 7. The van der Waals surface area contributed by atoms with E-state index in [4.69, 9.17) is 0 Å². The van der Waals surface area contributed by atoms with E-state index in [2.05, 4.69) is 240 Å². The second-order valence-electron chi connectivity index (χ2n) is 15.7. The van der Waals surface area contributed by atoms with E-state index >= 15 is 0 Å². The van der Waals surface area contributed by atoms with Crippen molar-refractivity contribution in [1.82, 2.24) is 4.57 Å². The van der Waals surface area contributed by atoms with Crippen molar-refractivity contribution in [2.24, 2.45) is 0 Å². The van der Waals surface area contributed by atoms with Gasteiger partial charge in [0.2, 0.25) is 0 Å². The summed E-state index contributed by atoms with van der Waals surface area (Å²) in [5, 5.41) is 7.66. The lowest BCUT2D eigenvalue weighted by Crippen LogP contribution is -2.10. The molecule has 12 aromatic rings. The van der Waals surface area contributed by atoms with Crippen LogP contribution in [0.1, 0.15) is 0 Å². The second-order valence-corrected chi connectivity index (χ2v) is 16.8. The third-order valence-corrected chi connectivity index (χ3v) is 13.3. The summed E-state index contributed by atoms with van der Waals surface area (Å²) >= 11 is 1.86. The Hall–Kier alpha value is -7.72. The maximum absolute atomic E-state index is 2.47. The molecule has 0 unspecified atom stereocenters. The molecule has 0 atom stereocenters. The fraction of sp³-hybridized carbons (Fsp3) is 0. The molecule has 0 fully saturated rings. The topological polar surface area (TPSA) is 8.17 Å². The number of hydrogen-bond acceptors (Lipinski definition) is 2. The Bertz CT molecular complexity index is 3580. The van der Waals surface area contributed by atoms with Crippen LogP contribution in [0.3, 0.4) is 0 Å². The Labute approximate surface area is 358 Å². The van der Waals surface area contributed by atoms with Gasteiger partial charge in [-0.1, -0.05) is 170 Å². The number of fused-ring (bicyclic) bond motifs is 8. The van der Waals surface area contributed by atoms with Gasteiger partial charge in [-0.2, -0.15) is 0 Å². The zero-order valence-corrected chi connectivity index (χ0v) is 34.1. The maximum atomic E-state index is 2.47. The van der Waals surface area contributed by atoms with Crippen molar-refractivity contribution in [3.63, 3.8) is 0 Å². The normalized spacial score (nSPS) is 11.6. The number of para-hydroxylation sites is 2. The van der Waals surface area contributed by atoms with Crippen molar-refractivity contribution in [2.75, 3.05) is 4.90 Å². The standard InChI is InChI=1S/C58H38N2S/c1-3-15-39(16-4-1)40-27-30-43(31-28-40)59(45-33-35-50-49-22-11-14-26-56(49)61-57(50)38-45)44-32-34-47(52(37-44)41-17-5-2-6-18-41)48-21-9-12-24-53(48)60-54-25-13-10-23-51(54)58-46-20-8-7-19-42(46)29-36-55(58)60/h1-38H. The van der Waals surface area contributed by atoms with E-state index in [9.17, 15) is 0 Å². The van der Waals surface area contributed by atoms with E-state index in [1.807, 2.05) is 11.3 Å². The van der Waals surface area contributed by atoms with Crippen LogP contribution in [-0.2, 0) is 0 Å². The smallest absolute Gasteiger partial charge is 0.0547 e. The maximum Gasteiger partial charge on any atom is 0.0547 e. The molecule has 286 valence electrons. The van der Waals surface area contributed by atoms with Gasteiger partial charge in [0.05, 0.1) is 16.7 Å². The summed E-state index contributed by atoms with van der Waals surface area (Å²) in [6, 6.07) is 84.2. The van der Waals surface area contributed by atoms with E-state index in [0.717, 1.165) is 22.7 Å². The Kier molecular flexibility index (Phi) is 8.39. The van der Waals surface area contributed by atoms with Gasteiger partial charge in [0.25, 0.3) is 0 Å². The quantitative estimate of drug-likeness (QED) is 0.156. The monoisotopic (exact) mass is 794 g/mol. The number of aromatic nitrogens is 1. The van der Waals surface area contributed by atoms with Crippen molar-refractivity contribution in [3.05, 3.63) is 231 Å². The fourth-order valence-corrected chi connectivity index (χ4v) is 10.5. The number of hydrogen-bond donors (Lipinski definition) is 0. The Morgan fingerprint density at radius 3 is 1.77 bits per heavy atom. The van der Waals surface area contributed by atoms with Gasteiger partial charge >= 0.3 is 0 Å². The predicted octanol–water partition coefficient (Wildman–Crippen LogP) is 16.8. The van der Waals surface area contributed by atoms with Gasteiger partial charge in [-0.15, -0.1) is 11.3 Å². The first-order valence-corrected chi connectivity index (χ1v) is 21.7. The van der Waals surface area contributed by atoms with Gasteiger partial charge in [0, 0.05) is 53.6 Å². The summed E-state index contributed by atoms with van der Waals surface area (Å²) in [6.07, 6.45) is 0. The summed E-state index contributed by atoms with van der Waals surface area (Å²) in [4.78, 5) is 2.42. The fourth-order valence-electron chi connectivity index (χ4n) is 9.39. The molecule has 0 bridgehead atoms. The average molecular weight is 795 g/mol. The molecule has 0 aliphatic heterocycles. The predicted molar refractivity (Wildman–Crippen MR) is 262 cm³/mol. The first-order valence-electron chi connectivity index (χ1n) is 20.8. The van der Waals surface area contributed by atoms with E-state index in [-0.39, 0.29) is 0 Å². The minimum absolute atomic E-state index is 1.09. The molecule has 0 saturated heterocycles. The van der Waals surface area contributed by atoms with Gasteiger partial charge in [0.15, 0.2) is 0 Å². The van der Waals surface area contributed by atoms with Gasteiger partial charge < -0.3 is 9.47 Å². The highest BCUT2D eigenvalue weighted by molar-refractivity contribution is 7.25. The largest absolute Gasteiger partial charge is 0.310 e. The summed E-state index contributed by atoms with van der Waals surface area (Å²) < 4.78 is 5.05. The summed E-state index contributed by atoms with van der Waals surface area (Å²) in [7, 11) is 0. The lowest BCUT2D eigenvalue weighted by molar-refractivity contribution is 1.18. The molecule has 0 saturated carbocycles. The molecule has 0 N–H and O–H groups in total. The first-order chi connectivity index (χ1) is 30.3. The highest BCUT2D eigenvalue weighted by atomic mass is 32.1. The molecule has 2 nitrogen and oxygen atoms in total. The molecule has 0 spiro atoms. The highest BCUT2D eigenvalue weighted by Crippen LogP contribution is 2.46. The average Bonchev–Trinajstić information content (AvgIpc) is 3.88. The van der Waals surface area contributed by atoms with Crippen molar-refractivity contribution >= 4 is 81.1 Å². The van der Waals surface area contributed by atoms with Crippen LogP contribution in [0.5, 0.6) is 0 Å². The molecular weight excluding hydrogens is 757 g/mol. The lowest BCUT2D eigenvalue weighted by atomic mass is 9.92. The second kappa shape index (κ2) is 14.5. The molecule has 0 radical (unpaired) electrons. The van der Waals surface area contributed by atoms with Crippen LogP contribution >= 0.6 is 11.3 Å². The van der Waals surface area contributed by atoms with Crippen LogP contribution in [0.15, 0.2) is 231 Å². The first kappa shape index (κ1) is 35.2. The number of nitrogens with zero attached hydrogens (tertiary/aromatic N) is 2. The summed E-state index contributed by atoms with van der Waals surface area (Å²) in [5.74, 6) is 0. The number of thiophene rings is 1. The third kappa shape index (κ3) is 5.93. The Morgan fingerprint density at radius 2 is 0.934 bits per heavy atom. The van der Waals surface area contributed by atoms with Crippen LogP contribution in [0, 0.1) is 0 Å². The summed E-state index contributed by atoms with van der Waals surface area (Å²) in [6.45, 7) is 0. The van der Waals surface area contributed by atoms with E-state index < -0.39 is 0 Å². The zero-order chi connectivity index (χ0) is 40.3. The molecule has 0 amide bonds. The molecule has 12 rings (SSSR count). The number of anilines is 3. The molecule has 61 heavy (non-hydrogen) atoms. The van der Waals surface area contributed by atoms with Gasteiger partial charge in [0.1, 0.15) is 0 Å². The molecule has 0 aliphatic rings. The van der Waals surface area contributed by atoms with Crippen molar-refractivity contribution in [1.29, 1.82) is 0 Å². The van der Waals surface area contributed by atoms with Gasteiger partial charge in [-0.05, 0) is 99.3 Å². The van der Waals surface area contributed by atoms with Gasteiger partial charge in [-0.25, -0.2) is 0 Å². The van der Waals surface area contributed by atoms with Crippen molar-refractivity contribution in [3.8, 4) is 39.1 Å². The lowest BCUT2D eigenvalue weighted by Gasteiger charge is -2.27. The third-order valence-electron chi connectivity index (χ3n) is 12.2. The minimum atomic E-state index is 1.09. The molecule has 10 aromatic carbocycles. The van der Waals surface area contributed by atoms with E-state index in [1.165, 1.54) is 86.1 Å². The van der Waals surface area contributed by atoms with Crippen LogP contribution < -0.4 is 4.90 Å². The molecule has 2 aromatic heterocycles. The Morgan fingerprint density at radius 1 is 0.328 bits per heavy atom. The van der Waals surface area contributed by atoms with Crippen LogP contribution in [0.4, 0.5) is 17.1 Å². The molecule has 0 aliphatic carbocycles. The molecule has 3 heteroatoms. The SMILES string of the molecule is c1ccc(-c2ccc(N(c3ccc(-c4ccccc4-n4c5ccccc5c5c6ccccc6ccc54)c(-c4ccccc4)c3)c3ccc4c(c3)sc3ccccc34)cc2)cc1. The van der Waals surface area contributed by atoms with Crippen LogP contribution in [-0.4, -0.2) is 4.57 Å². The summed E-state index contributed by atoms with van der Waals surface area (Å²) in [5.41, 5.74) is 14.0. The van der Waals surface area contributed by atoms with Crippen LogP contribution in [0.2, 0.25) is 0 Å². The molecular formula is C58H38N2S. The molecule has 2 heterocycles. The van der Waals surface area contributed by atoms with Crippen molar-refractivity contribution in [2.45, 2.75) is 0 Å². The zero-order valence-electron chi connectivity index (χ0n) is 33.2. The van der Waals surface area contributed by atoms with Gasteiger partial charge in [-0.3, -0.25) is 0 Å². The van der Waals surface area contributed by atoms with Crippen LogP contribution in [0.25, 0.3) is 91.8 Å². The van der Waals surface area contributed by atoms with E-state index in [1.54, 1.807) is 0 Å². The Balaban J connectivity index is 1.07. The number of benzene rings is 10. The highest BCUT2D eigenvalue weighted by Gasteiger charge is 2.21. The van der Waals surface area contributed by atoms with E-state index in [0.29, 0.717) is 0 Å².